The van der Waals surface area contributed by atoms with Gasteiger partial charge in [0.2, 0.25) is 0 Å². The molecule has 0 atom stereocenters. The second-order valence-electron chi connectivity index (χ2n) is 7.33. The molecule has 7 heteroatoms. The number of aryl methyl sites for hydroxylation is 1. The Hall–Kier alpha value is -3.82. The van der Waals surface area contributed by atoms with Crippen LogP contribution in [0.5, 0.6) is 0 Å². The Balaban J connectivity index is 1.61. The van der Waals surface area contributed by atoms with Crippen molar-refractivity contribution in [3.63, 3.8) is 0 Å². The van der Waals surface area contributed by atoms with E-state index in [2.05, 4.69) is 11.4 Å². The van der Waals surface area contributed by atoms with Gasteiger partial charge in [0.05, 0.1) is 18.2 Å². The molecule has 3 amide bonds. The largest absolute Gasteiger partial charge is 0.329 e. The van der Waals surface area contributed by atoms with E-state index in [1.807, 2.05) is 36.6 Å². The minimum atomic E-state index is -0.452. The first kappa shape index (κ1) is 20.5. The smallest absolute Gasteiger partial charge is 0.318 e. The fourth-order valence-electron chi connectivity index (χ4n) is 3.66. The summed E-state index contributed by atoms with van der Waals surface area (Å²) >= 11 is 5.90. The Kier molecular flexibility index (Phi) is 5.37. The zero-order valence-electron chi connectivity index (χ0n) is 17.0. The van der Waals surface area contributed by atoms with Crippen molar-refractivity contribution in [2.45, 2.75) is 20.4 Å². The molecule has 0 spiro atoms. The number of carbonyl (C=O) groups excluding carboxylic acids is 2. The monoisotopic (exact) mass is 430 g/mol. The maximum Gasteiger partial charge on any atom is 0.329 e. The molecule has 0 bridgehead atoms. The van der Waals surface area contributed by atoms with E-state index in [1.165, 1.54) is 4.90 Å². The SMILES string of the molecule is Cc1cc(/C=C2\NC(=O)N(Cc3ccc(Cl)cc3)C2=O)c(C)n1-c1ccc(C#N)cc1. The molecular formula is C24H19ClN4O2. The second kappa shape index (κ2) is 8.13. The number of halogens is 1. The molecule has 31 heavy (non-hydrogen) atoms. The second-order valence-corrected chi connectivity index (χ2v) is 7.76. The Morgan fingerprint density at radius 1 is 1.06 bits per heavy atom. The number of urea groups is 1. The molecule has 1 fully saturated rings. The van der Waals surface area contributed by atoms with E-state index in [1.54, 1.807) is 42.5 Å². The minimum Gasteiger partial charge on any atom is -0.318 e. The molecule has 0 saturated carbocycles. The molecule has 1 aliphatic heterocycles. The fourth-order valence-corrected chi connectivity index (χ4v) is 3.79. The lowest BCUT2D eigenvalue weighted by molar-refractivity contribution is -0.123. The van der Waals surface area contributed by atoms with Gasteiger partial charge in [-0.15, -0.1) is 0 Å². The summed E-state index contributed by atoms with van der Waals surface area (Å²) in [6, 6.07) is 17.9. The Labute approximate surface area is 185 Å². The minimum absolute atomic E-state index is 0.170. The fraction of sp³-hybridized carbons (Fsp3) is 0.125. The van der Waals surface area contributed by atoms with Crippen LogP contribution in [0.4, 0.5) is 4.79 Å². The molecule has 0 radical (unpaired) electrons. The normalized spacial score (nSPS) is 14.8. The molecule has 1 aliphatic rings. The van der Waals surface area contributed by atoms with Gasteiger partial charge in [-0.05, 0) is 73.5 Å². The van der Waals surface area contributed by atoms with E-state index in [-0.39, 0.29) is 18.1 Å². The third kappa shape index (κ3) is 3.96. The quantitative estimate of drug-likeness (QED) is 0.480. The van der Waals surface area contributed by atoms with Crippen LogP contribution < -0.4 is 5.32 Å². The van der Waals surface area contributed by atoms with Gasteiger partial charge < -0.3 is 9.88 Å². The van der Waals surface area contributed by atoms with E-state index in [4.69, 9.17) is 16.9 Å². The van der Waals surface area contributed by atoms with E-state index < -0.39 is 6.03 Å². The number of nitrogens with zero attached hydrogens (tertiary/aromatic N) is 3. The van der Waals surface area contributed by atoms with Crippen molar-refractivity contribution < 1.29 is 9.59 Å². The predicted molar refractivity (Wildman–Crippen MR) is 118 cm³/mol. The highest BCUT2D eigenvalue weighted by Gasteiger charge is 2.33. The lowest BCUT2D eigenvalue weighted by Gasteiger charge is -2.11. The summed E-state index contributed by atoms with van der Waals surface area (Å²) in [5.41, 5.74) is 5.29. The van der Waals surface area contributed by atoms with E-state index in [0.29, 0.717) is 10.6 Å². The molecule has 0 unspecified atom stereocenters. The molecule has 3 aromatic rings. The molecule has 2 aromatic carbocycles. The van der Waals surface area contributed by atoms with E-state index >= 15 is 0 Å². The first-order chi connectivity index (χ1) is 14.9. The van der Waals surface area contributed by atoms with Gasteiger partial charge in [-0.1, -0.05) is 23.7 Å². The Morgan fingerprint density at radius 3 is 2.39 bits per heavy atom. The Bertz CT molecular complexity index is 1250. The van der Waals surface area contributed by atoms with Crippen LogP contribution in [0.3, 0.4) is 0 Å². The molecule has 1 saturated heterocycles. The van der Waals surface area contributed by atoms with Crippen LogP contribution in [0.15, 0.2) is 60.3 Å². The lowest BCUT2D eigenvalue weighted by atomic mass is 10.2. The van der Waals surface area contributed by atoms with Crippen molar-refractivity contribution in [1.29, 1.82) is 5.26 Å². The van der Waals surface area contributed by atoms with Crippen LogP contribution in [0.1, 0.15) is 28.1 Å². The molecule has 1 N–H and O–H groups in total. The summed E-state index contributed by atoms with van der Waals surface area (Å²) in [5, 5.41) is 12.3. The van der Waals surface area contributed by atoms with Crippen molar-refractivity contribution in [2.75, 3.05) is 0 Å². The van der Waals surface area contributed by atoms with Crippen LogP contribution in [-0.4, -0.2) is 21.4 Å². The number of hydrogen-bond acceptors (Lipinski definition) is 3. The molecule has 4 rings (SSSR count). The summed E-state index contributed by atoms with van der Waals surface area (Å²) in [5.74, 6) is -0.372. The number of hydrogen-bond donors (Lipinski definition) is 1. The van der Waals surface area contributed by atoms with Gasteiger partial charge in [-0.3, -0.25) is 9.69 Å². The average Bonchev–Trinajstić information content (AvgIpc) is 3.19. The molecular weight excluding hydrogens is 412 g/mol. The highest BCUT2D eigenvalue weighted by molar-refractivity contribution is 6.30. The summed E-state index contributed by atoms with van der Waals surface area (Å²) in [4.78, 5) is 26.4. The number of amides is 3. The van der Waals surface area contributed by atoms with Gasteiger partial charge in [-0.2, -0.15) is 5.26 Å². The summed E-state index contributed by atoms with van der Waals surface area (Å²) in [7, 11) is 0. The highest BCUT2D eigenvalue weighted by Crippen LogP contribution is 2.25. The van der Waals surface area contributed by atoms with Gasteiger partial charge >= 0.3 is 6.03 Å². The average molecular weight is 431 g/mol. The van der Waals surface area contributed by atoms with E-state index in [0.717, 1.165) is 28.2 Å². The van der Waals surface area contributed by atoms with Crippen LogP contribution in [0.2, 0.25) is 5.02 Å². The van der Waals surface area contributed by atoms with Gasteiger partial charge in [0.15, 0.2) is 0 Å². The van der Waals surface area contributed by atoms with Gasteiger partial charge in [0, 0.05) is 22.1 Å². The predicted octanol–water partition coefficient (Wildman–Crippen LogP) is 4.71. The van der Waals surface area contributed by atoms with Crippen LogP contribution in [0, 0.1) is 25.2 Å². The molecule has 1 aromatic heterocycles. The van der Waals surface area contributed by atoms with Crippen molar-refractivity contribution >= 4 is 29.6 Å². The van der Waals surface area contributed by atoms with E-state index in [9.17, 15) is 9.59 Å². The number of benzene rings is 2. The van der Waals surface area contributed by atoms with Crippen molar-refractivity contribution in [2.24, 2.45) is 0 Å². The zero-order valence-corrected chi connectivity index (χ0v) is 17.8. The van der Waals surface area contributed by atoms with Gasteiger partial charge in [0.1, 0.15) is 5.70 Å². The first-order valence-electron chi connectivity index (χ1n) is 9.66. The molecule has 6 nitrogen and oxygen atoms in total. The topological polar surface area (TPSA) is 78.1 Å². The third-order valence-corrected chi connectivity index (χ3v) is 5.49. The van der Waals surface area contributed by atoms with Crippen molar-refractivity contribution in [3.8, 4) is 11.8 Å². The van der Waals surface area contributed by atoms with Gasteiger partial charge in [0.25, 0.3) is 5.91 Å². The van der Waals surface area contributed by atoms with Crippen LogP contribution >= 0.6 is 11.6 Å². The molecule has 2 heterocycles. The standard InChI is InChI=1S/C24H19ClN4O2/c1-15-11-19(16(2)29(15)21-9-5-17(13-26)6-10-21)12-22-23(30)28(24(31)27-22)14-18-3-7-20(25)8-4-18/h3-12H,14H2,1-2H3,(H,27,31)/b22-12-. The van der Waals surface area contributed by atoms with Crippen molar-refractivity contribution in [1.82, 2.24) is 14.8 Å². The number of nitriles is 1. The Morgan fingerprint density at radius 2 is 1.74 bits per heavy atom. The van der Waals surface area contributed by atoms with Gasteiger partial charge in [-0.25, -0.2) is 4.79 Å². The summed E-state index contributed by atoms with van der Waals surface area (Å²) in [6.45, 7) is 4.09. The molecule has 0 aliphatic carbocycles. The number of carbonyl (C=O) groups is 2. The highest BCUT2D eigenvalue weighted by atomic mass is 35.5. The maximum atomic E-state index is 12.8. The van der Waals surface area contributed by atoms with Crippen LogP contribution in [0.25, 0.3) is 11.8 Å². The lowest BCUT2D eigenvalue weighted by Crippen LogP contribution is -2.30. The third-order valence-electron chi connectivity index (χ3n) is 5.24. The van der Waals surface area contributed by atoms with Crippen LogP contribution in [-0.2, 0) is 11.3 Å². The summed E-state index contributed by atoms with van der Waals surface area (Å²) in [6.07, 6.45) is 1.70. The number of rotatable bonds is 4. The zero-order chi connectivity index (χ0) is 22.1. The number of imide groups is 1. The maximum absolute atomic E-state index is 12.8. The summed E-state index contributed by atoms with van der Waals surface area (Å²) < 4.78 is 2.04. The van der Waals surface area contributed by atoms with Crippen molar-refractivity contribution in [3.05, 3.63) is 93.4 Å². The first-order valence-corrected chi connectivity index (χ1v) is 10.0. The molecule has 154 valence electrons. The number of nitrogens with one attached hydrogen (secondary N) is 1. The number of aromatic nitrogens is 1.